The van der Waals surface area contributed by atoms with E-state index in [9.17, 15) is 9.18 Å². The van der Waals surface area contributed by atoms with E-state index in [2.05, 4.69) is 15.9 Å². The van der Waals surface area contributed by atoms with Crippen LogP contribution in [0.1, 0.15) is 12.0 Å². The normalized spacial score (nSPS) is 19.2. The smallest absolute Gasteiger partial charge is 0.407 e. The van der Waals surface area contributed by atoms with Gasteiger partial charge in [-0.3, -0.25) is 0 Å². The van der Waals surface area contributed by atoms with Crippen molar-refractivity contribution in [2.24, 2.45) is 0 Å². The lowest BCUT2D eigenvalue weighted by Crippen LogP contribution is -2.28. The number of likely N-dealkylation sites (tertiary alicyclic amines) is 1. The van der Waals surface area contributed by atoms with Gasteiger partial charge in [0.15, 0.2) is 0 Å². The highest BCUT2D eigenvalue weighted by atomic mass is 79.9. The number of hydrogen-bond donors (Lipinski definition) is 1. The number of amides is 1. The fourth-order valence-electron chi connectivity index (χ4n) is 1.90. The van der Waals surface area contributed by atoms with Crippen molar-refractivity contribution >= 4 is 22.0 Å². The second kappa shape index (κ2) is 5.67. The molecule has 6 heteroatoms. The molecule has 2 rings (SSSR count). The van der Waals surface area contributed by atoms with Crippen molar-refractivity contribution in [1.29, 1.82) is 0 Å². The Morgan fingerprint density at radius 2 is 2.39 bits per heavy atom. The third-order valence-electron chi connectivity index (χ3n) is 2.90. The van der Waals surface area contributed by atoms with Crippen LogP contribution in [0.4, 0.5) is 9.18 Å². The van der Waals surface area contributed by atoms with Gasteiger partial charge < -0.3 is 14.7 Å². The third-order valence-corrected chi connectivity index (χ3v) is 3.67. The highest BCUT2D eigenvalue weighted by Crippen LogP contribution is 2.21. The van der Waals surface area contributed by atoms with E-state index >= 15 is 0 Å². The first-order chi connectivity index (χ1) is 8.56. The average Bonchev–Trinajstić information content (AvgIpc) is 2.79. The zero-order chi connectivity index (χ0) is 13.1. The lowest BCUT2D eigenvalue weighted by atomic mass is 10.2. The lowest BCUT2D eigenvalue weighted by Gasteiger charge is -2.13. The number of carboxylic acid groups (broad SMARTS) is 1. The van der Waals surface area contributed by atoms with Gasteiger partial charge in [-0.15, -0.1) is 0 Å². The molecule has 0 aromatic heterocycles. The van der Waals surface area contributed by atoms with Gasteiger partial charge in [-0.2, -0.15) is 0 Å². The van der Waals surface area contributed by atoms with Crippen molar-refractivity contribution < 1.29 is 19.0 Å². The SMILES string of the molecule is O=C(O)N1CCC(OCc2cc(F)ccc2Br)C1. The molecule has 1 aromatic carbocycles. The van der Waals surface area contributed by atoms with Crippen LogP contribution in [0.5, 0.6) is 0 Å². The quantitative estimate of drug-likeness (QED) is 0.932. The molecule has 98 valence electrons. The van der Waals surface area contributed by atoms with Gasteiger partial charge in [-0.05, 0) is 30.2 Å². The van der Waals surface area contributed by atoms with Crippen LogP contribution in [-0.2, 0) is 11.3 Å². The summed E-state index contributed by atoms with van der Waals surface area (Å²) in [5.41, 5.74) is 0.726. The van der Waals surface area contributed by atoms with Crippen molar-refractivity contribution in [2.45, 2.75) is 19.1 Å². The fraction of sp³-hybridized carbons (Fsp3) is 0.417. The summed E-state index contributed by atoms with van der Waals surface area (Å²) >= 11 is 3.32. The summed E-state index contributed by atoms with van der Waals surface area (Å²) in [5.74, 6) is -0.310. The minimum atomic E-state index is -0.923. The van der Waals surface area contributed by atoms with Gasteiger partial charge in [-0.25, -0.2) is 9.18 Å². The standard InChI is InChI=1S/C12H13BrFNO3/c13-11-2-1-9(14)5-8(11)7-18-10-3-4-15(6-10)12(16)17/h1-2,5,10H,3-4,6-7H2,(H,16,17). The van der Waals surface area contributed by atoms with E-state index in [1.807, 2.05) is 0 Å². The molecule has 4 nitrogen and oxygen atoms in total. The molecule has 1 atom stereocenters. The molecule has 1 N–H and O–H groups in total. The van der Waals surface area contributed by atoms with Gasteiger partial charge in [-0.1, -0.05) is 15.9 Å². The third kappa shape index (κ3) is 3.20. The molecule has 0 radical (unpaired) electrons. The Morgan fingerprint density at radius 1 is 1.61 bits per heavy atom. The van der Waals surface area contributed by atoms with E-state index in [4.69, 9.17) is 9.84 Å². The molecule has 1 heterocycles. The largest absolute Gasteiger partial charge is 0.465 e. The summed E-state index contributed by atoms with van der Waals surface area (Å²) in [6, 6.07) is 4.41. The minimum absolute atomic E-state index is 0.115. The van der Waals surface area contributed by atoms with E-state index in [1.165, 1.54) is 17.0 Å². The molecule has 1 saturated heterocycles. The molecule has 1 fully saturated rings. The highest BCUT2D eigenvalue weighted by Gasteiger charge is 2.26. The number of nitrogens with zero attached hydrogens (tertiary/aromatic N) is 1. The van der Waals surface area contributed by atoms with E-state index in [1.54, 1.807) is 6.07 Å². The van der Waals surface area contributed by atoms with Crippen molar-refractivity contribution in [2.75, 3.05) is 13.1 Å². The lowest BCUT2D eigenvalue weighted by molar-refractivity contribution is 0.0462. The van der Waals surface area contributed by atoms with Gasteiger partial charge in [0.05, 0.1) is 19.3 Å². The van der Waals surface area contributed by atoms with Crippen molar-refractivity contribution in [1.82, 2.24) is 4.90 Å². The maximum atomic E-state index is 13.1. The number of hydrogen-bond acceptors (Lipinski definition) is 2. The average molecular weight is 318 g/mol. The first-order valence-electron chi connectivity index (χ1n) is 5.59. The van der Waals surface area contributed by atoms with Gasteiger partial charge in [0.25, 0.3) is 0 Å². The monoisotopic (exact) mass is 317 g/mol. The number of rotatable bonds is 3. The molecular weight excluding hydrogens is 305 g/mol. The van der Waals surface area contributed by atoms with Crippen molar-refractivity contribution in [3.05, 3.63) is 34.1 Å². The number of halogens is 2. The fourth-order valence-corrected chi connectivity index (χ4v) is 2.26. The van der Waals surface area contributed by atoms with Gasteiger partial charge in [0, 0.05) is 11.0 Å². The molecule has 0 bridgehead atoms. The number of carbonyl (C=O) groups is 1. The molecule has 1 aliphatic heterocycles. The first-order valence-corrected chi connectivity index (χ1v) is 6.39. The Kier molecular flexibility index (Phi) is 4.19. The van der Waals surface area contributed by atoms with Crippen LogP contribution in [0.25, 0.3) is 0 Å². The summed E-state index contributed by atoms with van der Waals surface area (Å²) in [7, 11) is 0. The van der Waals surface area contributed by atoms with Gasteiger partial charge in [0.1, 0.15) is 5.82 Å². The topological polar surface area (TPSA) is 49.8 Å². The van der Waals surface area contributed by atoms with Crippen LogP contribution in [0, 0.1) is 5.82 Å². The Bertz CT molecular complexity index is 455. The first kappa shape index (κ1) is 13.3. The van der Waals surface area contributed by atoms with Gasteiger partial charge >= 0.3 is 6.09 Å². The molecular formula is C12H13BrFNO3. The molecule has 1 amide bonds. The van der Waals surface area contributed by atoms with Gasteiger partial charge in [0.2, 0.25) is 0 Å². The molecule has 1 unspecified atom stereocenters. The van der Waals surface area contributed by atoms with Crippen LogP contribution in [0.2, 0.25) is 0 Å². The predicted molar refractivity (Wildman–Crippen MR) is 66.9 cm³/mol. The van der Waals surface area contributed by atoms with E-state index in [0.29, 0.717) is 19.5 Å². The summed E-state index contributed by atoms with van der Waals surface area (Å²) in [4.78, 5) is 12.1. The molecule has 0 spiro atoms. The Balaban J connectivity index is 1.89. The second-order valence-corrected chi connectivity index (χ2v) is 5.04. The number of ether oxygens (including phenoxy) is 1. The van der Waals surface area contributed by atoms with Crippen LogP contribution in [0.3, 0.4) is 0 Å². The predicted octanol–water partition coefficient (Wildman–Crippen LogP) is 2.86. The zero-order valence-corrected chi connectivity index (χ0v) is 11.2. The summed E-state index contributed by atoms with van der Waals surface area (Å²) in [5, 5.41) is 8.81. The van der Waals surface area contributed by atoms with Crippen LogP contribution in [-0.4, -0.2) is 35.3 Å². The Labute approximate surface area is 112 Å². The highest BCUT2D eigenvalue weighted by molar-refractivity contribution is 9.10. The summed E-state index contributed by atoms with van der Waals surface area (Å²) in [6.45, 7) is 1.14. The Hall–Kier alpha value is -1.14. The van der Waals surface area contributed by atoms with Crippen LogP contribution >= 0.6 is 15.9 Å². The second-order valence-electron chi connectivity index (χ2n) is 4.19. The molecule has 0 aliphatic carbocycles. The minimum Gasteiger partial charge on any atom is -0.465 e. The summed E-state index contributed by atoms with van der Waals surface area (Å²) in [6.07, 6.45) is -0.358. The van der Waals surface area contributed by atoms with E-state index in [-0.39, 0.29) is 18.5 Å². The summed E-state index contributed by atoms with van der Waals surface area (Å²) < 4.78 is 19.4. The van der Waals surface area contributed by atoms with Crippen molar-refractivity contribution in [3.63, 3.8) is 0 Å². The molecule has 1 aliphatic rings. The molecule has 18 heavy (non-hydrogen) atoms. The number of benzene rings is 1. The van der Waals surface area contributed by atoms with Crippen LogP contribution < -0.4 is 0 Å². The molecule has 1 aromatic rings. The van der Waals surface area contributed by atoms with E-state index in [0.717, 1.165) is 10.0 Å². The zero-order valence-electron chi connectivity index (χ0n) is 9.60. The maximum absolute atomic E-state index is 13.1. The molecule has 0 saturated carbocycles. The maximum Gasteiger partial charge on any atom is 0.407 e. The van der Waals surface area contributed by atoms with Crippen LogP contribution in [0.15, 0.2) is 22.7 Å². The Morgan fingerprint density at radius 3 is 3.06 bits per heavy atom. The van der Waals surface area contributed by atoms with E-state index < -0.39 is 6.09 Å². The van der Waals surface area contributed by atoms with Crippen molar-refractivity contribution in [3.8, 4) is 0 Å².